The van der Waals surface area contributed by atoms with Crippen LogP contribution in [0.4, 0.5) is 9.18 Å². The average Bonchev–Trinajstić information content (AvgIpc) is 3.19. The average molecular weight is 531 g/mol. The van der Waals surface area contributed by atoms with Crippen LogP contribution >= 0.6 is 11.6 Å². The van der Waals surface area contributed by atoms with E-state index in [2.05, 4.69) is 10.4 Å². The quantitative estimate of drug-likeness (QED) is 0.381. The number of nitrogens with zero attached hydrogens (tertiary/aromatic N) is 3. The number of fused-ring (bicyclic) bond motifs is 1. The number of rotatable bonds is 9. The second-order valence-corrected chi connectivity index (χ2v) is 8.99. The van der Waals surface area contributed by atoms with Gasteiger partial charge in [-0.2, -0.15) is 5.10 Å². The van der Waals surface area contributed by atoms with Crippen molar-refractivity contribution >= 4 is 46.3 Å². The fourth-order valence-electron chi connectivity index (χ4n) is 4.21. The summed E-state index contributed by atoms with van der Waals surface area (Å²) < 4.78 is 20.5. The van der Waals surface area contributed by atoms with Crippen LogP contribution in [0.2, 0.25) is 5.02 Å². The number of carbonyl (C=O) groups is 4. The van der Waals surface area contributed by atoms with Gasteiger partial charge >= 0.3 is 6.09 Å². The lowest BCUT2D eigenvalue weighted by atomic mass is 9.87. The zero-order chi connectivity index (χ0) is 26.7. The Balaban J connectivity index is 1.50. The first-order valence-corrected chi connectivity index (χ1v) is 11.7. The molecule has 0 unspecified atom stereocenters. The number of primary amides is 2. The molecule has 0 spiro atoms. The summed E-state index contributed by atoms with van der Waals surface area (Å²) in [5, 5.41) is 7.21. The molecular formula is C24H24ClFN6O5. The molecule has 2 aromatic carbocycles. The number of halogens is 2. The largest absolute Gasteiger partial charge is 0.446 e. The SMILES string of the molecule is NC(=O)O[C@H]1C[C@@H](N(CC(=O)NCc2cccc(Cl)c2F)C(=O)Cn2nc(C(N)=O)c3ccccc32)C1. The first kappa shape index (κ1) is 25.9. The summed E-state index contributed by atoms with van der Waals surface area (Å²) in [6.45, 7) is -0.740. The maximum Gasteiger partial charge on any atom is 0.404 e. The Morgan fingerprint density at radius 1 is 1.14 bits per heavy atom. The highest BCUT2D eigenvalue weighted by Gasteiger charge is 2.39. The van der Waals surface area contributed by atoms with Crippen LogP contribution in [-0.4, -0.2) is 57.2 Å². The third-order valence-electron chi connectivity index (χ3n) is 6.11. The molecule has 1 heterocycles. The molecule has 37 heavy (non-hydrogen) atoms. The lowest BCUT2D eigenvalue weighted by Gasteiger charge is -2.41. The maximum absolute atomic E-state index is 14.2. The molecule has 13 heteroatoms. The van der Waals surface area contributed by atoms with Crippen LogP contribution in [0.5, 0.6) is 0 Å². The van der Waals surface area contributed by atoms with Gasteiger partial charge in [0, 0.05) is 36.4 Å². The Morgan fingerprint density at radius 3 is 2.57 bits per heavy atom. The molecule has 4 amide bonds. The Labute approximate surface area is 215 Å². The normalized spacial score (nSPS) is 16.6. The van der Waals surface area contributed by atoms with E-state index in [9.17, 15) is 23.6 Å². The molecule has 1 saturated carbocycles. The summed E-state index contributed by atoms with van der Waals surface area (Å²) >= 11 is 5.79. The Bertz CT molecular complexity index is 1370. The van der Waals surface area contributed by atoms with Crippen LogP contribution < -0.4 is 16.8 Å². The standard InChI is InChI=1S/C24H24ClFN6O5/c25-17-6-3-4-13(21(17)26)10-29-19(33)11-31(14-8-15(9-14)37-24(28)36)20(34)12-32-18-7-2-1-5-16(18)22(30-32)23(27)35/h1-7,14-15H,8-12H2,(H2,27,35)(H2,28,36)(H,29,33)/t14-,15+. The topological polar surface area (TPSA) is 163 Å². The van der Waals surface area contributed by atoms with Gasteiger partial charge in [0.2, 0.25) is 11.8 Å². The molecule has 1 aromatic heterocycles. The number of ether oxygens (including phenoxy) is 1. The molecule has 3 aromatic rings. The highest BCUT2D eigenvalue weighted by atomic mass is 35.5. The van der Waals surface area contributed by atoms with Gasteiger partial charge in [-0.25, -0.2) is 9.18 Å². The number of nitrogens with two attached hydrogens (primary N) is 2. The Hall–Kier alpha value is -4.19. The minimum atomic E-state index is -0.926. The molecule has 0 aliphatic heterocycles. The highest BCUT2D eigenvalue weighted by molar-refractivity contribution is 6.30. The van der Waals surface area contributed by atoms with E-state index < -0.39 is 41.8 Å². The second-order valence-electron chi connectivity index (χ2n) is 8.58. The summed E-state index contributed by atoms with van der Waals surface area (Å²) in [4.78, 5) is 50.3. The van der Waals surface area contributed by atoms with Crippen molar-refractivity contribution in [2.45, 2.75) is 38.1 Å². The van der Waals surface area contributed by atoms with Gasteiger partial charge in [-0.3, -0.25) is 19.1 Å². The van der Waals surface area contributed by atoms with E-state index >= 15 is 0 Å². The van der Waals surface area contributed by atoms with Gasteiger partial charge in [-0.1, -0.05) is 41.9 Å². The van der Waals surface area contributed by atoms with Crippen molar-refractivity contribution in [2.24, 2.45) is 11.5 Å². The molecule has 0 saturated heterocycles. The van der Waals surface area contributed by atoms with Crippen molar-refractivity contribution in [2.75, 3.05) is 6.54 Å². The number of aromatic nitrogens is 2. The minimum Gasteiger partial charge on any atom is -0.446 e. The molecule has 1 aliphatic rings. The van der Waals surface area contributed by atoms with Gasteiger partial charge in [-0.15, -0.1) is 0 Å². The predicted octanol–water partition coefficient (Wildman–Crippen LogP) is 1.70. The van der Waals surface area contributed by atoms with Crippen LogP contribution in [-0.2, 0) is 27.4 Å². The predicted molar refractivity (Wildman–Crippen MR) is 131 cm³/mol. The molecule has 4 rings (SSSR count). The van der Waals surface area contributed by atoms with Gasteiger partial charge in [-0.05, 0) is 12.1 Å². The first-order chi connectivity index (χ1) is 17.6. The number of nitrogens with one attached hydrogen (secondary N) is 1. The van der Waals surface area contributed by atoms with Gasteiger partial charge < -0.3 is 26.4 Å². The van der Waals surface area contributed by atoms with E-state index in [1.807, 2.05) is 0 Å². The van der Waals surface area contributed by atoms with Gasteiger partial charge in [0.15, 0.2) is 5.69 Å². The van der Waals surface area contributed by atoms with Crippen molar-refractivity contribution in [1.82, 2.24) is 20.0 Å². The number of carbonyl (C=O) groups excluding carboxylic acids is 4. The molecule has 5 N–H and O–H groups in total. The molecule has 11 nitrogen and oxygen atoms in total. The molecule has 0 radical (unpaired) electrons. The van der Waals surface area contributed by atoms with Crippen molar-refractivity contribution < 1.29 is 28.3 Å². The van der Waals surface area contributed by atoms with Crippen LogP contribution in [0.15, 0.2) is 42.5 Å². The summed E-state index contributed by atoms with van der Waals surface area (Å²) in [6, 6.07) is 10.8. The van der Waals surface area contributed by atoms with Crippen molar-refractivity contribution in [3.63, 3.8) is 0 Å². The number of amides is 4. The molecule has 1 fully saturated rings. The van der Waals surface area contributed by atoms with E-state index in [4.69, 9.17) is 27.8 Å². The molecular weight excluding hydrogens is 507 g/mol. The van der Waals surface area contributed by atoms with E-state index in [1.165, 1.54) is 21.7 Å². The lowest BCUT2D eigenvalue weighted by molar-refractivity contribution is -0.143. The third kappa shape index (κ3) is 5.80. The van der Waals surface area contributed by atoms with Gasteiger partial charge in [0.1, 0.15) is 18.5 Å². The van der Waals surface area contributed by atoms with Crippen LogP contribution in [0, 0.1) is 5.82 Å². The van der Waals surface area contributed by atoms with E-state index in [-0.39, 0.29) is 48.8 Å². The van der Waals surface area contributed by atoms with E-state index in [0.717, 1.165) is 0 Å². The van der Waals surface area contributed by atoms with Crippen LogP contribution in [0.3, 0.4) is 0 Å². The van der Waals surface area contributed by atoms with Gasteiger partial charge in [0.05, 0.1) is 17.1 Å². The molecule has 1 aliphatic carbocycles. The number of hydrogen-bond donors (Lipinski definition) is 3. The lowest BCUT2D eigenvalue weighted by Crippen LogP contribution is -2.54. The van der Waals surface area contributed by atoms with E-state index in [0.29, 0.717) is 10.9 Å². The zero-order valence-corrected chi connectivity index (χ0v) is 20.3. The highest BCUT2D eigenvalue weighted by Crippen LogP contribution is 2.29. The smallest absolute Gasteiger partial charge is 0.404 e. The molecule has 0 bridgehead atoms. The first-order valence-electron chi connectivity index (χ1n) is 11.3. The summed E-state index contributed by atoms with van der Waals surface area (Å²) in [7, 11) is 0. The molecule has 0 atom stereocenters. The summed E-state index contributed by atoms with van der Waals surface area (Å²) in [6.07, 6.45) is -0.827. The van der Waals surface area contributed by atoms with Crippen molar-refractivity contribution in [3.05, 3.63) is 64.6 Å². The Morgan fingerprint density at radius 2 is 1.86 bits per heavy atom. The van der Waals surface area contributed by atoms with E-state index in [1.54, 1.807) is 30.3 Å². The number of hydrogen-bond acceptors (Lipinski definition) is 6. The van der Waals surface area contributed by atoms with Gasteiger partial charge in [0.25, 0.3) is 5.91 Å². The fourth-order valence-corrected chi connectivity index (χ4v) is 4.41. The van der Waals surface area contributed by atoms with Crippen LogP contribution in [0.25, 0.3) is 10.9 Å². The fraction of sp³-hybridized carbons (Fsp3) is 0.292. The summed E-state index contributed by atoms with van der Waals surface area (Å²) in [5.74, 6) is -2.37. The Kier molecular flexibility index (Phi) is 7.58. The second kappa shape index (κ2) is 10.8. The maximum atomic E-state index is 14.2. The number of para-hydroxylation sites is 1. The minimum absolute atomic E-state index is 0.0230. The zero-order valence-electron chi connectivity index (χ0n) is 19.5. The van der Waals surface area contributed by atoms with Crippen molar-refractivity contribution in [3.8, 4) is 0 Å². The summed E-state index contributed by atoms with van der Waals surface area (Å²) in [5.41, 5.74) is 11.2. The van der Waals surface area contributed by atoms with Crippen LogP contribution in [0.1, 0.15) is 28.9 Å². The monoisotopic (exact) mass is 530 g/mol. The number of benzene rings is 2. The molecule has 194 valence electrons. The van der Waals surface area contributed by atoms with Crippen molar-refractivity contribution in [1.29, 1.82) is 0 Å². The third-order valence-corrected chi connectivity index (χ3v) is 6.40.